The Morgan fingerprint density at radius 1 is 1.12 bits per heavy atom. The molecular formula is C19H21N4O2S+. The second-order valence-corrected chi connectivity index (χ2v) is 6.16. The second kappa shape index (κ2) is 8.44. The minimum absolute atomic E-state index is 0.321. The molecule has 0 aliphatic rings. The van der Waals surface area contributed by atoms with Crippen molar-refractivity contribution in [3.05, 3.63) is 82.3 Å². The number of para-hydroxylation sites is 1. The van der Waals surface area contributed by atoms with Gasteiger partial charge in [-0.3, -0.25) is 4.52 Å². The largest absolute Gasteiger partial charge is 0.432 e. The van der Waals surface area contributed by atoms with Crippen LogP contribution in [0.15, 0.2) is 70.0 Å². The van der Waals surface area contributed by atoms with Crippen LogP contribution in [0.25, 0.3) is 5.69 Å². The Morgan fingerprint density at radius 2 is 1.77 bits per heavy atom. The van der Waals surface area contributed by atoms with Crippen molar-refractivity contribution in [2.45, 2.75) is 20.0 Å². The van der Waals surface area contributed by atoms with E-state index in [2.05, 4.69) is 10.6 Å². The Labute approximate surface area is 157 Å². The van der Waals surface area contributed by atoms with Crippen molar-refractivity contribution in [1.82, 2.24) is 15.5 Å². The molecule has 1 aromatic heterocycles. The number of benzene rings is 2. The number of aromatic nitrogens is 2. The van der Waals surface area contributed by atoms with Crippen molar-refractivity contribution in [3.63, 3.8) is 0 Å². The van der Waals surface area contributed by atoms with Gasteiger partial charge in [-0.1, -0.05) is 48.5 Å². The number of thiocarbonyl (C=S) groups is 1. The van der Waals surface area contributed by atoms with Gasteiger partial charge in [-0.25, -0.2) is 4.79 Å². The molecular weight excluding hydrogens is 348 g/mol. The standard InChI is InChI=1S/C19H20N4O2S/c1-2-20-19(26)22(13-15-9-5-3-6-10-15)14-17-18(24)25-21-23(17)16-11-7-4-8-12-16/h3-12H,2,13-14H2,1H3,(H-,20,21,24,26)/p+1. The Morgan fingerprint density at radius 3 is 2.42 bits per heavy atom. The molecule has 0 aliphatic heterocycles. The summed E-state index contributed by atoms with van der Waals surface area (Å²) in [6.07, 6.45) is 0. The SMILES string of the molecule is CCNC(=S)N(Cc1ccccc1)Cc1c(=O)o[nH][n+]1-c1ccccc1. The van der Waals surface area contributed by atoms with E-state index in [1.165, 1.54) is 0 Å². The predicted octanol–water partition coefficient (Wildman–Crippen LogP) is 2.14. The van der Waals surface area contributed by atoms with Crippen molar-refractivity contribution in [3.8, 4) is 5.69 Å². The molecule has 0 saturated heterocycles. The van der Waals surface area contributed by atoms with Gasteiger partial charge in [-0.15, -0.1) is 0 Å². The fourth-order valence-corrected chi connectivity index (χ4v) is 2.93. The van der Waals surface area contributed by atoms with Crippen LogP contribution in [0.3, 0.4) is 0 Å². The van der Waals surface area contributed by atoms with Crippen LogP contribution >= 0.6 is 12.2 Å². The topological polar surface area (TPSA) is 65.2 Å². The quantitative estimate of drug-likeness (QED) is 0.515. The van der Waals surface area contributed by atoms with Crippen LogP contribution in [-0.2, 0) is 13.1 Å². The molecule has 0 saturated carbocycles. The highest BCUT2D eigenvalue weighted by Gasteiger charge is 2.26. The van der Waals surface area contributed by atoms with Gasteiger partial charge in [0.25, 0.3) is 0 Å². The van der Waals surface area contributed by atoms with Crippen LogP contribution in [0.1, 0.15) is 18.2 Å². The zero-order chi connectivity index (χ0) is 18.4. The van der Waals surface area contributed by atoms with Crippen molar-refractivity contribution in [2.75, 3.05) is 6.54 Å². The molecule has 0 atom stereocenters. The zero-order valence-corrected chi connectivity index (χ0v) is 15.3. The van der Waals surface area contributed by atoms with Gasteiger partial charge in [0, 0.05) is 25.2 Å². The van der Waals surface area contributed by atoms with E-state index in [0.717, 1.165) is 11.3 Å². The molecule has 6 nitrogen and oxygen atoms in total. The zero-order valence-electron chi connectivity index (χ0n) is 14.5. The van der Waals surface area contributed by atoms with Gasteiger partial charge in [0.05, 0.1) is 0 Å². The summed E-state index contributed by atoms with van der Waals surface area (Å²) in [6, 6.07) is 19.5. The van der Waals surface area contributed by atoms with E-state index in [4.69, 9.17) is 16.7 Å². The minimum Gasteiger partial charge on any atom is -0.363 e. The Balaban J connectivity index is 1.91. The van der Waals surface area contributed by atoms with Crippen LogP contribution in [0.2, 0.25) is 0 Å². The lowest BCUT2D eigenvalue weighted by molar-refractivity contribution is -0.678. The van der Waals surface area contributed by atoms with Crippen LogP contribution < -0.4 is 15.6 Å². The lowest BCUT2D eigenvalue weighted by Gasteiger charge is -2.23. The van der Waals surface area contributed by atoms with Crippen LogP contribution in [0, 0.1) is 0 Å². The third kappa shape index (κ3) is 4.18. The summed E-state index contributed by atoms with van der Waals surface area (Å²) in [5.74, 6) is 0. The third-order valence-corrected chi connectivity index (χ3v) is 4.32. The Hall–Kier alpha value is -2.93. The van der Waals surface area contributed by atoms with E-state index in [1.807, 2.05) is 72.5 Å². The maximum Gasteiger partial charge on any atom is 0.432 e. The fourth-order valence-electron chi connectivity index (χ4n) is 2.66. The first-order chi connectivity index (χ1) is 12.7. The summed E-state index contributed by atoms with van der Waals surface area (Å²) in [7, 11) is 0. The molecule has 0 fully saturated rings. The number of aromatic amines is 1. The van der Waals surface area contributed by atoms with E-state index >= 15 is 0 Å². The average Bonchev–Trinajstić information content (AvgIpc) is 3.03. The summed E-state index contributed by atoms with van der Waals surface area (Å²) in [5.41, 5.74) is 2.00. The monoisotopic (exact) mass is 369 g/mol. The van der Waals surface area contributed by atoms with Crippen molar-refractivity contribution >= 4 is 17.3 Å². The Kier molecular flexibility index (Phi) is 5.80. The molecule has 3 aromatic rings. The molecule has 1 heterocycles. The van der Waals surface area contributed by atoms with Crippen molar-refractivity contribution in [1.29, 1.82) is 0 Å². The van der Waals surface area contributed by atoms with E-state index in [1.54, 1.807) is 4.68 Å². The molecule has 26 heavy (non-hydrogen) atoms. The highest BCUT2D eigenvalue weighted by atomic mass is 32.1. The molecule has 134 valence electrons. The number of hydrogen-bond donors (Lipinski definition) is 2. The lowest BCUT2D eigenvalue weighted by atomic mass is 10.2. The van der Waals surface area contributed by atoms with Gasteiger partial charge in [0.1, 0.15) is 6.54 Å². The molecule has 0 unspecified atom stereocenters. The average molecular weight is 369 g/mol. The summed E-state index contributed by atoms with van der Waals surface area (Å²) >= 11 is 5.51. The molecule has 7 heteroatoms. The van der Waals surface area contributed by atoms with E-state index < -0.39 is 5.63 Å². The molecule has 3 rings (SSSR count). The Bertz CT molecular complexity index is 906. The van der Waals surface area contributed by atoms with Crippen LogP contribution in [-0.4, -0.2) is 21.8 Å². The van der Waals surface area contributed by atoms with Crippen LogP contribution in [0.4, 0.5) is 0 Å². The van der Waals surface area contributed by atoms with Crippen molar-refractivity contribution < 1.29 is 9.20 Å². The molecule has 0 bridgehead atoms. The van der Waals surface area contributed by atoms with Gasteiger partial charge in [-0.2, -0.15) is 0 Å². The van der Waals surface area contributed by atoms with Gasteiger partial charge >= 0.3 is 11.3 Å². The highest BCUT2D eigenvalue weighted by Crippen LogP contribution is 2.08. The highest BCUT2D eigenvalue weighted by molar-refractivity contribution is 7.80. The third-order valence-electron chi connectivity index (χ3n) is 3.92. The number of H-pyrrole nitrogens is 1. The summed E-state index contributed by atoms with van der Waals surface area (Å²) in [6.45, 7) is 3.61. The summed E-state index contributed by atoms with van der Waals surface area (Å²) in [4.78, 5) is 14.2. The molecule has 0 spiro atoms. The molecule has 0 aliphatic carbocycles. The first kappa shape index (κ1) is 17.9. The number of hydrogen-bond acceptors (Lipinski definition) is 3. The number of nitrogens with one attached hydrogen (secondary N) is 2. The van der Waals surface area contributed by atoms with Crippen molar-refractivity contribution in [2.24, 2.45) is 0 Å². The number of rotatable bonds is 6. The van der Waals surface area contributed by atoms with E-state index in [0.29, 0.717) is 30.4 Å². The lowest BCUT2D eigenvalue weighted by Crippen LogP contribution is -2.45. The van der Waals surface area contributed by atoms with Gasteiger partial charge in [-0.05, 0) is 34.7 Å². The number of nitrogens with zero attached hydrogens (tertiary/aromatic N) is 2. The molecule has 0 amide bonds. The smallest absolute Gasteiger partial charge is 0.363 e. The molecule has 2 N–H and O–H groups in total. The first-order valence-corrected chi connectivity index (χ1v) is 8.84. The summed E-state index contributed by atoms with van der Waals surface area (Å²) < 4.78 is 6.68. The molecule has 2 aromatic carbocycles. The fraction of sp³-hybridized carbons (Fsp3) is 0.211. The summed E-state index contributed by atoms with van der Waals surface area (Å²) in [5, 5.41) is 6.43. The van der Waals surface area contributed by atoms with Gasteiger partial charge in [0.15, 0.2) is 5.11 Å². The molecule has 0 radical (unpaired) electrons. The maximum atomic E-state index is 12.3. The normalized spacial score (nSPS) is 10.5. The first-order valence-electron chi connectivity index (χ1n) is 8.43. The maximum absolute atomic E-state index is 12.3. The second-order valence-electron chi connectivity index (χ2n) is 5.78. The minimum atomic E-state index is -0.411. The van der Waals surface area contributed by atoms with E-state index in [-0.39, 0.29) is 0 Å². The van der Waals surface area contributed by atoms with E-state index in [9.17, 15) is 4.79 Å². The van der Waals surface area contributed by atoms with Crippen LogP contribution in [0.5, 0.6) is 0 Å². The van der Waals surface area contributed by atoms with Gasteiger partial charge < -0.3 is 10.2 Å². The predicted molar refractivity (Wildman–Crippen MR) is 103 cm³/mol. The van der Waals surface area contributed by atoms with Gasteiger partial charge in [0.2, 0.25) is 5.69 Å².